The zero-order valence-electron chi connectivity index (χ0n) is 28.8. The molecule has 0 aliphatic carbocycles. The molecule has 0 spiro atoms. The van der Waals surface area contributed by atoms with Crippen LogP contribution in [0.5, 0.6) is 0 Å². The molecule has 0 radical (unpaired) electrons. The normalized spacial score (nSPS) is 12.7. The van der Waals surface area contributed by atoms with Crippen LogP contribution in [-0.4, -0.2) is 41.0 Å². The highest BCUT2D eigenvalue weighted by Crippen LogP contribution is 2.36. The molecule has 0 heterocycles. The van der Waals surface area contributed by atoms with E-state index in [1.54, 1.807) is 0 Å². The van der Waals surface area contributed by atoms with E-state index >= 15 is 0 Å². The van der Waals surface area contributed by atoms with E-state index in [-0.39, 0.29) is 19.4 Å². The minimum atomic E-state index is -4.75. The van der Waals surface area contributed by atoms with Gasteiger partial charge >= 0.3 is 19.8 Å². The van der Waals surface area contributed by atoms with E-state index in [4.69, 9.17) is 19.3 Å². The Bertz CT molecular complexity index is 792. The summed E-state index contributed by atoms with van der Waals surface area (Å²) in [5, 5.41) is 0. The molecule has 45 heavy (non-hydrogen) atoms. The summed E-state index contributed by atoms with van der Waals surface area (Å²) < 4.78 is 26.2. The van der Waals surface area contributed by atoms with Crippen molar-refractivity contribution in [3.63, 3.8) is 0 Å². The highest BCUT2D eigenvalue weighted by molar-refractivity contribution is 7.46. The molecule has 264 valence electrons. The maximum absolute atomic E-state index is 12.3. The fourth-order valence-electron chi connectivity index (χ4n) is 4.98. The first-order chi connectivity index (χ1) is 21.8. The topological polar surface area (TPSA) is 119 Å². The van der Waals surface area contributed by atoms with Crippen LogP contribution in [0.3, 0.4) is 0 Å². The van der Waals surface area contributed by atoms with Gasteiger partial charge in [0.15, 0.2) is 6.10 Å². The van der Waals surface area contributed by atoms with Gasteiger partial charge in [-0.3, -0.25) is 14.1 Å². The lowest BCUT2D eigenvalue weighted by molar-refractivity contribution is -0.161. The third-order valence-electron chi connectivity index (χ3n) is 7.72. The number of carbonyl (C=O) groups excluding carboxylic acids is 2. The molecule has 1 atom stereocenters. The average molecular weight is 659 g/mol. The third kappa shape index (κ3) is 35.2. The summed E-state index contributed by atoms with van der Waals surface area (Å²) in [5.74, 6) is -0.898. The van der Waals surface area contributed by atoms with E-state index in [9.17, 15) is 14.2 Å². The van der Waals surface area contributed by atoms with Crippen molar-refractivity contribution < 1.29 is 37.9 Å². The van der Waals surface area contributed by atoms with Crippen LogP contribution < -0.4 is 0 Å². The van der Waals surface area contributed by atoms with Crippen molar-refractivity contribution in [2.45, 2.75) is 180 Å². The number of unbranched alkanes of at least 4 members (excludes halogenated alkanes) is 19. The highest BCUT2D eigenvalue weighted by atomic mass is 31.2. The molecular weight excluding hydrogens is 591 g/mol. The molecule has 0 saturated heterocycles. The van der Waals surface area contributed by atoms with Crippen LogP contribution >= 0.6 is 7.82 Å². The summed E-state index contributed by atoms with van der Waals surface area (Å²) in [6.45, 7) is 3.62. The Kier molecular flexibility index (Phi) is 31.4. The maximum atomic E-state index is 12.3. The van der Waals surface area contributed by atoms with Crippen molar-refractivity contribution in [1.29, 1.82) is 0 Å². The molecule has 0 saturated carbocycles. The molecule has 1 unspecified atom stereocenters. The SMILES string of the molecule is CCCC/C=C\C/C=C\CCCCCCCC(=O)OC(COC(=O)CCCCCCCCCCCCCCC)COP(=O)(O)O. The van der Waals surface area contributed by atoms with Crippen molar-refractivity contribution in [2.75, 3.05) is 13.2 Å². The van der Waals surface area contributed by atoms with Gasteiger partial charge < -0.3 is 19.3 Å². The molecule has 0 fully saturated rings. The lowest BCUT2D eigenvalue weighted by Crippen LogP contribution is -2.29. The molecule has 2 N–H and O–H groups in total. The van der Waals surface area contributed by atoms with Gasteiger partial charge in [-0.2, -0.15) is 0 Å². The first-order valence-corrected chi connectivity index (χ1v) is 19.7. The van der Waals surface area contributed by atoms with Gasteiger partial charge in [0, 0.05) is 12.8 Å². The number of allylic oxidation sites excluding steroid dienone is 4. The predicted octanol–water partition coefficient (Wildman–Crippen LogP) is 10.5. The quantitative estimate of drug-likeness (QED) is 0.0309. The lowest BCUT2D eigenvalue weighted by atomic mass is 10.0. The Hall–Kier alpha value is -1.47. The Morgan fingerprint density at radius 2 is 1.02 bits per heavy atom. The van der Waals surface area contributed by atoms with Crippen molar-refractivity contribution in [2.24, 2.45) is 0 Å². The lowest BCUT2D eigenvalue weighted by Gasteiger charge is -2.18. The number of hydrogen-bond donors (Lipinski definition) is 2. The van der Waals surface area contributed by atoms with Crippen molar-refractivity contribution in [3.05, 3.63) is 24.3 Å². The molecule has 8 nitrogen and oxygen atoms in total. The Morgan fingerprint density at radius 1 is 0.578 bits per heavy atom. The molecule has 0 aliphatic rings. The van der Waals surface area contributed by atoms with Crippen molar-refractivity contribution in [3.8, 4) is 0 Å². The molecule has 0 aromatic rings. The number of esters is 2. The fourth-order valence-corrected chi connectivity index (χ4v) is 5.34. The number of ether oxygens (including phenoxy) is 2. The van der Waals surface area contributed by atoms with Gasteiger partial charge in [0.25, 0.3) is 0 Å². The van der Waals surface area contributed by atoms with Crippen LogP contribution in [0.15, 0.2) is 24.3 Å². The Balaban J connectivity index is 4.00. The number of hydrogen-bond acceptors (Lipinski definition) is 6. The summed E-state index contributed by atoms with van der Waals surface area (Å²) in [7, 11) is -4.75. The summed E-state index contributed by atoms with van der Waals surface area (Å²) in [6, 6.07) is 0. The third-order valence-corrected chi connectivity index (χ3v) is 8.21. The molecule has 0 rings (SSSR count). The minimum Gasteiger partial charge on any atom is -0.462 e. The second-order valence-electron chi connectivity index (χ2n) is 12.2. The largest absolute Gasteiger partial charge is 0.469 e. The molecular formula is C36H67O8P. The second-order valence-corrected chi connectivity index (χ2v) is 13.4. The Morgan fingerprint density at radius 3 is 1.53 bits per heavy atom. The van der Waals surface area contributed by atoms with E-state index in [1.165, 1.54) is 77.0 Å². The van der Waals surface area contributed by atoms with Crippen molar-refractivity contribution in [1.82, 2.24) is 0 Å². The van der Waals surface area contributed by atoms with Crippen LogP contribution in [0, 0.1) is 0 Å². The zero-order valence-corrected chi connectivity index (χ0v) is 29.7. The van der Waals surface area contributed by atoms with Crippen LogP contribution in [0.1, 0.15) is 174 Å². The minimum absolute atomic E-state index is 0.198. The number of carbonyl (C=O) groups is 2. The second kappa shape index (κ2) is 32.5. The number of rotatable bonds is 33. The summed E-state index contributed by atoms with van der Waals surface area (Å²) >= 11 is 0. The van der Waals surface area contributed by atoms with Gasteiger partial charge in [-0.1, -0.05) is 147 Å². The van der Waals surface area contributed by atoms with E-state index in [1.807, 2.05) is 0 Å². The van der Waals surface area contributed by atoms with E-state index in [2.05, 4.69) is 42.7 Å². The standard InChI is InChI=1S/C36H67O8P/c1-3-5-7-9-11-13-15-17-19-21-23-25-27-29-31-36(38)44-34(33-43-45(39,40)41)32-42-35(37)30-28-26-24-22-20-18-16-14-12-10-8-6-4-2/h9,11,15,17,34H,3-8,10,12-14,16,18-33H2,1-2H3,(H2,39,40,41)/b11-9-,17-15-. The van der Waals surface area contributed by atoms with E-state index < -0.39 is 32.5 Å². The van der Waals surface area contributed by atoms with Crippen LogP contribution in [0.25, 0.3) is 0 Å². The summed E-state index contributed by atoms with van der Waals surface area (Å²) in [6.07, 6.45) is 34.7. The number of phosphoric acid groups is 1. The molecule has 0 aliphatic heterocycles. The van der Waals surface area contributed by atoms with Gasteiger partial charge in [0.05, 0.1) is 6.61 Å². The molecule has 0 amide bonds. The van der Waals surface area contributed by atoms with E-state index in [0.29, 0.717) is 6.42 Å². The van der Waals surface area contributed by atoms with Crippen LogP contribution in [0.2, 0.25) is 0 Å². The number of phosphoric ester groups is 1. The molecule has 0 bridgehead atoms. The average Bonchev–Trinajstić information content (AvgIpc) is 3.00. The van der Waals surface area contributed by atoms with Crippen LogP contribution in [-0.2, 0) is 28.2 Å². The smallest absolute Gasteiger partial charge is 0.462 e. The van der Waals surface area contributed by atoms with Gasteiger partial charge in [0.1, 0.15) is 6.61 Å². The van der Waals surface area contributed by atoms with E-state index in [0.717, 1.165) is 64.2 Å². The summed E-state index contributed by atoms with van der Waals surface area (Å²) in [5.41, 5.74) is 0. The van der Waals surface area contributed by atoms with Gasteiger partial charge in [0.2, 0.25) is 0 Å². The zero-order chi connectivity index (χ0) is 33.3. The fraction of sp³-hybridized carbons (Fsp3) is 0.833. The van der Waals surface area contributed by atoms with Crippen LogP contribution in [0.4, 0.5) is 0 Å². The Labute approximate surface area is 275 Å². The van der Waals surface area contributed by atoms with Gasteiger partial charge in [-0.05, 0) is 38.5 Å². The maximum Gasteiger partial charge on any atom is 0.469 e. The van der Waals surface area contributed by atoms with Gasteiger partial charge in [-0.15, -0.1) is 0 Å². The predicted molar refractivity (Wildman–Crippen MR) is 184 cm³/mol. The van der Waals surface area contributed by atoms with Crippen molar-refractivity contribution >= 4 is 19.8 Å². The summed E-state index contributed by atoms with van der Waals surface area (Å²) in [4.78, 5) is 42.6. The molecule has 9 heteroatoms. The molecule has 0 aromatic heterocycles. The monoisotopic (exact) mass is 658 g/mol. The first kappa shape index (κ1) is 43.5. The van der Waals surface area contributed by atoms with Gasteiger partial charge in [-0.25, -0.2) is 4.57 Å². The molecule has 0 aromatic carbocycles. The highest BCUT2D eigenvalue weighted by Gasteiger charge is 2.22. The first-order valence-electron chi connectivity index (χ1n) is 18.1.